The van der Waals surface area contributed by atoms with E-state index in [0.717, 1.165) is 24.8 Å². The molecule has 86 valence electrons. The highest BCUT2D eigenvalue weighted by atomic mass is 16.6. The standard InChI is InChI=1S/C14H18O2/c1-3-9-14(10-11(2)16-13(14)15)12-7-5-4-6-8-12/h4-8,11H,3,9-10H2,1-2H3/t11-,14-/m1/s1. The Hall–Kier alpha value is -1.31. The first-order valence-electron chi connectivity index (χ1n) is 5.95. The fourth-order valence-electron chi connectivity index (χ4n) is 2.68. The Morgan fingerprint density at radius 1 is 1.38 bits per heavy atom. The van der Waals surface area contributed by atoms with Gasteiger partial charge in [-0.15, -0.1) is 0 Å². The maximum absolute atomic E-state index is 12.1. The van der Waals surface area contributed by atoms with E-state index >= 15 is 0 Å². The number of carbonyl (C=O) groups excluding carboxylic acids is 1. The van der Waals surface area contributed by atoms with Gasteiger partial charge < -0.3 is 4.74 Å². The number of esters is 1. The van der Waals surface area contributed by atoms with E-state index in [-0.39, 0.29) is 12.1 Å². The van der Waals surface area contributed by atoms with Crippen molar-refractivity contribution in [2.24, 2.45) is 0 Å². The Balaban J connectivity index is 2.40. The summed E-state index contributed by atoms with van der Waals surface area (Å²) in [7, 11) is 0. The lowest BCUT2D eigenvalue weighted by Gasteiger charge is -2.24. The van der Waals surface area contributed by atoms with Crippen LogP contribution in [0.3, 0.4) is 0 Å². The topological polar surface area (TPSA) is 26.3 Å². The van der Waals surface area contributed by atoms with Gasteiger partial charge in [-0.1, -0.05) is 43.7 Å². The normalized spacial score (nSPS) is 29.1. The van der Waals surface area contributed by atoms with Crippen molar-refractivity contribution in [2.75, 3.05) is 0 Å². The van der Waals surface area contributed by atoms with Gasteiger partial charge in [0, 0.05) is 6.42 Å². The van der Waals surface area contributed by atoms with E-state index in [1.165, 1.54) is 0 Å². The smallest absolute Gasteiger partial charge is 0.316 e. The molecule has 0 N–H and O–H groups in total. The maximum Gasteiger partial charge on any atom is 0.316 e. The maximum atomic E-state index is 12.1. The van der Waals surface area contributed by atoms with Crippen molar-refractivity contribution in [2.45, 2.75) is 44.6 Å². The van der Waals surface area contributed by atoms with Crippen LogP contribution in [-0.2, 0) is 14.9 Å². The molecule has 1 aromatic carbocycles. The van der Waals surface area contributed by atoms with Gasteiger partial charge in [0.15, 0.2) is 0 Å². The van der Waals surface area contributed by atoms with Crippen molar-refractivity contribution in [3.63, 3.8) is 0 Å². The van der Waals surface area contributed by atoms with Gasteiger partial charge in [-0.05, 0) is 18.9 Å². The van der Waals surface area contributed by atoms with Gasteiger partial charge in [-0.3, -0.25) is 4.79 Å². The molecule has 0 radical (unpaired) electrons. The fraction of sp³-hybridized carbons (Fsp3) is 0.500. The van der Waals surface area contributed by atoms with Crippen LogP contribution in [0, 0.1) is 0 Å². The summed E-state index contributed by atoms with van der Waals surface area (Å²) in [5, 5.41) is 0. The predicted molar refractivity (Wildman–Crippen MR) is 63.2 cm³/mol. The van der Waals surface area contributed by atoms with E-state index in [9.17, 15) is 4.79 Å². The molecule has 0 saturated carbocycles. The number of cyclic esters (lactones) is 1. The Morgan fingerprint density at radius 2 is 2.06 bits per heavy atom. The van der Waals surface area contributed by atoms with E-state index in [0.29, 0.717) is 0 Å². The molecule has 1 aromatic rings. The quantitative estimate of drug-likeness (QED) is 0.729. The van der Waals surface area contributed by atoms with E-state index in [4.69, 9.17) is 4.74 Å². The molecule has 1 aliphatic rings. The molecule has 1 heterocycles. The minimum absolute atomic E-state index is 0.0410. The van der Waals surface area contributed by atoms with Crippen LogP contribution in [0.2, 0.25) is 0 Å². The third-order valence-electron chi connectivity index (χ3n) is 3.34. The molecular formula is C14H18O2. The lowest BCUT2D eigenvalue weighted by molar-refractivity contribution is -0.145. The molecule has 0 bridgehead atoms. The van der Waals surface area contributed by atoms with Crippen molar-refractivity contribution >= 4 is 5.97 Å². The Labute approximate surface area is 96.6 Å². The summed E-state index contributed by atoms with van der Waals surface area (Å²) in [5.74, 6) is -0.0481. The van der Waals surface area contributed by atoms with E-state index in [1.807, 2.05) is 37.3 Å². The Bertz CT molecular complexity index is 372. The largest absolute Gasteiger partial charge is 0.462 e. The SMILES string of the molecule is CCC[C@]1(c2ccccc2)C[C@@H](C)OC1=O. The molecular weight excluding hydrogens is 200 g/mol. The average Bonchev–Trinajstić information content (AvgIpc) is 2.57. The number of benzene rings is 1. The van der Waals surface area contributed by atoms with Crippen LogP contribution in [0.15, 0.2) is 30.3 Å². The lowest BCUT2D eigenvalue weighted by Crippen LogP contribution is -2.31. The third-order valence-corrected chi connectivity index (χ3v) is 3.34. The molecule has 0 unspecified atom stereocenters. The number of hydrogen-bond donors (Lipinski definition) is 0. The monoisotopic (exact) mass is 218 g/mol. The fourth-order valence-corrected chi connectivity index (χ4v) is 2.68. The molecule has 16 heavy (non-hydrogen) atoms. The summed E-state index contributed by atoms with van der Waals surface area (Å²) >= 11 is 0. The molecule has 2 atom stereocenters. The van der Waals surface area contributed by atoms with E-state index < -0.39 is 5.41 Å². The summed E-state index contributed by atoms with van der Waals surface area (Å²) < 4.78 is 5.35. The van der Waals surface area contributed by atoms with Gasteiger partial charge in [0.25, 0.3) is 0 Å². The summed E-state index contributed by atoms with van der Waals surface area (Å²) in [6, 6.07) is 10.0. The van der Waals surface area contributed by atoms with E-state index in [2.05, 4.69) is 6.92 Å². The van der Waals surface area contributed by atoms with Crippen LogP contribution >= 0.6 is 0 Å². The molecule has 2 heteroatoms. The van der Waals surface area contributed by atoms with Gasteiger partial charge in [0.05, 0.1) is 5.41 Å². The van der Waals surface area contributed by atoms with Crippen molar-refractivity contribution in [1.82, 2.24) is 0 Å². The van der Waals surface area contributed by atoms with Gasteiger partial charge in [-0.2, -0.15) is 0 Å². The van der Waals surface area contributed by atoms with Crippen molar-refractivity contribution in [3.8, 4) is 0 Å². The average molecular weight is 218 g/mol. The molecule has 2 nitrogen and oxygen atoms in total. The minimum Gasteiger partial charge on any atom is -0.462 e. The first-order chi connectivity index (χ1) is 7.69. The Kier molecular flexibility index (Phi) is 2.99. The molecule has 0 aliphatic carbocycles. The summed E-state index contributed by atoms with van der Waals surface area (Å²) in [5.41, 5.74) is 0.710. The van der Waals surface area contributed by atoms with Crippen LogP contribution in [0.1, 0.15) is 38.7 Å². The molecule has 0 spiro atoms. The summed E-state index contributed by atoms with van der Waals surface area (Å²) in [6.07, 6.45) is 2.72. The lowest BCUT2D eigenvalue weighted by atomic mass is 9.75. The number of hydrogen-bond acceptors (Lipinski definition) is 2. The minimum atomic E-state index is -0.393. The second-order valence-electron chi connectivity index (χ2n) is 4.62. The predicted octanol–water partition coefficient (Wildman–Crippen LogP) is 3.06. The second-order valence-corrected chi connectivity index (χ2v) is 4.62. The molecule has 1 saturated heterocycles. The van der Waals surface area contributed by atoms with Crippen molar-refractivity contribution < 1.29 is 9.53 Å². The van der Waals surface area contributed by atoms with Gasteiger partial charge in [0.2, 0.25) is 0 Å². The van der Waals surface area contributed by atoms with Crippen LogP contribution in [0.4, 0.5) is 0 Å². The highest BCUT2D eigenvalue weighted by molar-refractivity contribution is 5.85. The second kappa shape index (κ2) is 4.28. The summed E-state index contributed by atoms with van der Waals surface area (Å²) in [4.78, 5) is 12.1. The van der Waals surface area contributed by atoms with Crippen molar-refractivity contribution in [1.29, 1.82) is 0 Å². The molecule has 1 fully saturated rings. The van der Waals surface area contributed by atoms with Gasteiger partial charge in [-0.25, -0.2) is 0 Å². The number of carbonyl (C=O) groups is 1. The molecule has 0 amide bonds. The zero-order chi connectivity index (χ0) is 11.6. The zero-order valence-electron chi connectivity index (χ0n) is 9.90. The first-order valence-corrected chi connectivity index (χ1v) is 5.95. The molecule has 1 aliphatic heterocycles. The van der Waals surface area contributed by atoms with E-state index in [1.54, 1.807) is 0 Å². The third kappa shape index (κ3) is 1.73. The molecule has 0 aromatic heterocycles. The van der Waals surface area contributed by atoms with Crippen LogP contribution in [0.25, 0.3) is 0 Å². The molecule has 2 rings (SSSR count). The number of ether oxygens (including phenoxy) is 1. The summed E-state index contributed by atoms with van der Waals surface area (Å²) in [6.45, 7) is 4.08. The highest BCUT2D eigenvalue weighted by Crippen LogP contribution is 2.41. The van der Waals surface area contributed by atoms with Crippen molar-refractivity contribution in [3.05, 3.63) is 35.9 Å². The Morgan fingerprint density at radius 3 is 2.56 bits per heavy atom. The number of rotatable bonds is 3. The highest BCUT2D eigenvalue weighted by Gasteiger charge is 2.48. The van der Waals surface area contributed by atoms with Crippen LogP contribution < -0.4 is 0 Å². The van der Waals surface area contributed by atoms with Gasteiger partial charge >= 0.3 is 5.97 Å². The first kappa shape index (κ1) is 11.2. The zero-order valence-corrected chi connectivity index (χ0v) is 9.90. The van der Waals surface area contributed by atoms with Gasteiger partial charge in [0.1, 0.15) is 6.10 Å². The van der Waals surface area contributed by atoms with Crippen LogP contribution in [0.5, 0.6) is 0 Å². The van der Waals surface area contributed by atoms with Crippen LogP contribution in [-0.4, -0.2) is 12.1 Å².